The lowest BCUT2D eigenvalue weighted by molar-refractivity contribution is 0.0908. The number of rotatable bonds is 2. The maximum Gasteiger partial charge on any atom is 0.231 e. The Morgan fingerprint density at radius 1 is 1.40 bits per heavy atom. The number of nitrogens with zero attached hydrogens (tertiary/aromatic N) is 3. The first-order chi connectivity index (χ1) is 7.31. The molecule has 0 aliphatic carbocycles. The van der Waals surface area contributed by atoms with E-state index in [0.29, 0.717) is 6.42 Å². The van der Waals surface area contributed by atoms with E-state index in [9.17, 15) is 4.79 Å². The minimum atomic E-state index is 0.0443. The van der Waals surface area contributed by atoms with Crippen LogP contribution in [0.2, 0.25) is 0 Å². The topological polar surface area (TPSA) is 47.8 Å². The first-order valence-corrected chi connectivity index (χ1v) is 4.79. The maximum absolute atomic E-state index is 11.4. The molecule has 0 aromatic carbocycles. The maximum atomic E-state index is 11.4. The van der Waals surface area contributed by atoms with Gasteiger partial charge in [0.1, 0.15) is 6.33 Å². The monoisotopic (exact) mass is 201 g/mol. The van der Waals surface area contributed by atoms with Crippen LogP contribution in [0.4, 0.5) is 0 Å². The third-order valence-corrected chi connectivity index (χ3v) is 2.15. The largest absolute Gasteiger partial charge is 0.276 e. The molecule has 4 nitrogen and oxygen atoms in total. The van der Waals surface area contributed by atoms with Crippen molar-refractivity contribution in [2.24, 2.45) is 0 Å². The molecule has 0 saturated carbocycles. The molecule has 15 heavy (non-hydrogen) atoms. The fraction of sp³-hybridized carbons (Fsp3) is 0.182. The molecule has 0 amide bonds. The molecule has 4 heteroatoms. The van der Waals surface area contributed by atoms with E-state index in [1.807, 2.05) is 19.1 Å². The Balaban J connectivity index is 2.32. The smallest absolute Gasteiger partial charge is 0.231 e. The highest BCUT2D eigenvalue weighted by Crippen LogP contribution is 2.15. The summed E-state index contributed by atoms with van der Waals surface area (Å²) in [5.74, 6) is 0.0443. The van der Waals surface area contributed by atoms with Gasteiger partial charge in [-0.3, -0.25) is 14.3 Å². The Bertz CT molecular complexity index is 462. The summed E-state index contributed by atoms with van der Waals surface area (Å²) in [7, 11) is 0. The van der Waals surface area contributed by atoms with Crippen molar-refractivity contribution in [2.75, 3.05) is 0 Å². The second kappa shape index (κ2) is 4.04. The van der Waals surface area contributed by atoms with Gasteiger partial charge in [0.25, 0.3) is 0 Å². The predicted octanol–water partition coefficient (Wildman–Crippen LogP) is 2.00. The molecule has 0 spiro atoms. The predicted molar refractivity (Wildman–Crippen MR) is 56.4 cm³/mol. The minimum absolute atomic E-state index is 0.0443. The molecule has 0 aliphatic heterocycles. The van der Waals surface area contributed by atoms with E-state index in [0.717, 1.165) is 11.3 Å². The molecule has 0 atom stereocenters. The quantitative estimate of drug-likeness (QED) is 0.746. The van der Waals surface area contributed by atoms with Crippen LogP contribution < -0.4 is 0 Å². The van der Waals surface area contributed by atoms with E-state index in [-0.39, 0.29) is 5.91 Å². The number of imidazole rings is 1. The Labute approximate surface area is 87.6 Å². The van der Waals surface area contributed by atoms with Gasteiger partial charge < -0.3 is 0 Å². The molecule has 76 valence electrons. The van der Waals surface area contributed by atoms with E-state index < -0.39 is 0 Å². The van der Waals surface area contributed by atoms with Crippen molar-refractivity contribution < 1.29 is 4.79 Å². The molecule has 0 unspecified atom stereocenters. The molecule has 0 fully saturated rings. The summed E-state index contributed by atoms with van der Waals surface area (Å²) in [6.07, 6.45) is 7.17. The first kappa shape index (κ1) is 9.58. The van der Waals surface area contributed by atoms with Crippen molar-refractivity contribution in [1.29, 1.82) is 0 Å². The van der Waals surface area contributed by atoms with Crippen LogP contribution in [0.25, 0.3) is 11.3 Å². The second-order valence-electron chi connectivity index (χ2n) is 3.15. The van der Waals surface area contributed by atoms with Crippen molar-refractivity contribution in [3.8, 4) is 11.3 Å². The van der Waals surface area contributed by atoms with E-state index >= 15 is 0 Å². The van der Waals surface area contributed by atoms with Crippen LogP contribution in [-0.4, -0.2) is 20.4 Å². The Hall–Kier alpha value is -1.97. The normalized spacial score (nSPS) is 10.2. The van der Waals surface area contributed by atoms with Gasteiger partial charge in [0, 0.05) is 30.6 Å². The number of pyridine rings is 1. The Morgan fingerprint density at radius 2 is 2.13 bits per heavy atom. The van der Waals surface area contributed by atoms with Crippen LogP contribution in [-0.2, 0) is 0 Å². The third kappa shape index (κ3) is 1.93. The summed E-state index contributed by atoms with van der Waals surface area (Å²) in [5, 5.41) is 0. The van der Waals surface area contributed by atoms with Crippen LogP contribution in [0.5, 0.6) is 0 Å². The Kier molecular flexibility index (Phi) is 2.58. The van der Waals surface area contributed by atoms with Gasteiger partial charge in [-0.1, -0.05) is 6.92 Å². The van der Waals surface area contributed by atoms with Gasteiger partial charge in [0.2, 0.25) is 5.91 Å². The van der Waals surface area contributed by atoms with Crippen molar-refractivity contribution >= 4 is 5.91 Å². The molecule has 2 heterocycles. The zero-order valence-electron chi connectivity index (χ0n) is 8.42. The van der Waals surface area contributed by atoms with Gasteiger partial charge in [-0.05, 0) is 12.1 Å². The summed E-state index contributed by atoms with van der Waals surface area (Å²) >= 11 is 0. The number of hydrogen-bond acceptors (Lipinski definition) is 3. The van der Waals surface area contributed by atoms with Crippen molar-refractivity contribution in [3.63, 3.8) is 0 Å². The highest BCUT2D eigenvalue weighted by atomic mass is 16.2. The number of carbonyl (C=O) groups excluding carboxylic acids is 1. The zero-order chi connectivity index (χ0) is 10.7. The van der Waals surface area contributed by atoms with Gasteiger partial charge in [0.15, 0.2) is 0 Å². The highest BCUT2D eigenvalue weighted by molar-refractivity contribution is 5.79. The van der Waals surface area contributed by atoms with Gasteiger partial charge >= 0.3 is 0 Å². The van der Waals surface area contributed by atoms with Crippen LogP contribution in [0.15, 0.2) is 37.1 Å². The van der Waals surface area contributed by atoms with E-state index in [4.69, 9.17) is 0 Å². The number of carbonyl (C=O) groups is 1. The molecule has 0 bridgehead atoms. The molecular formula is C11H11N3O. The summed E-state index contributed by atoms with van der Waals surface area (Å²) in [4.78, 5) is 19.5. The van der Waals surface area contributed by atoms with Gasteiger partial charge in [-0.2, -0.15) is 0 Å². The average molecular weight is 201 g/mol. The number of aromatic nitrogens is 3. The minimum Gasteiger partial charge on any atom is -0.276 e. The fourth-order valence-corrected chi connectivity index (χ4v) is 1.31. The third-order valence-electron chi connectivity index (χ3n) is 2.15. The van der Waals surface area contributed by atoms with Crippen molar-refractivity contribution in [2.45, 2.75) is 13.3 Å². The van der Waals surface area contributed by atoms with Crippen molar-refractivity contribution in [1.82, 2.24) is 14.5 Å². The first-order valence-electron chi connectivity index (χ1n) is 4.79. The van der Waals surface area contributed by atoms with Gasteiger partial charge in [-0.15, -0.1) is 0 Å². The van der Waals surface area contributed by atoms with E-state index in [1.165, 1.54) is 4.57 Å². The average Bonchev–Trinajstić information content (AvgIpc) is 2.78. The van der Waals surface area contributed by atoms with Crippen LogP contribution in [0, 0.1) is 0 Å². The Morgan fingerprint density at radius 3 is 2.80 bits per heavy atom. The van der Waals surface area contributed by atoms with Gasteiger partial charge in [-0.25, -0.2) is 4.98 Å². The lowest BCUT2D eigenvalue weighted by Crippen LogP contribution is -2.05. The molecule has 2 aromatic heterocycles. The molecular weight excluding hydrogens is 190 g/mol. The second-order valence-corrected chi connectivity index (χ2v) is 3.15. The van der Waals surface area contributed by atoms with Crippen molar-refractivity contribution in [3.05, 3.63) is 37.1 Å². The summed E-state index contributed by atoms with van der Waals surface area (Å²) < 4.78 is 1.51. The highest BCUT2D eigenvalue weighted by Gasteiger charge is 2.05. The molecule has 0 radical (unpaired) electrons. The lowest BCUT2D eigenvalue weighted by atomic mass is 10.2. The van der Waals surface area contributed by atoms with Gasteiger partial charge in [0.05, 0.1) is 5.69 Å². The fourth-order valence-electron chi connectivity index (χ4n) is 1.31. The molecule has 0 aliphatic rings. The standard InChI is InChI=1S/C11H11N3O/c1-2-11(15)14-7-10(13-8-14)9-3-5-12-6-4-9/h3-8H,2H2,1H3. The van der Waals surface area contributed by atoms with Crippen LogP contribution >= 0.6 is 0 Å². The summed E-state index contributed by atoms with van der Waals surface area (Å²) in [6.45, 7) is 1.83. The lowest BCUT2D eigenvalue weighted by Gasteiger charge is -1.95. The molecule has 0 saturated heterocycles. The SMILES string of the molecule is CCC(=O)n1cnc(-c2ccncc2)c1. The zero-order valence-corrected chi connectivity index (χ0v) is 8.42. The van der Waals surface area contributed by atoms with E-state index in [1.54, 1.807) is 24.9 Å². The van der Waals surface area contributed by atoms with E-state index in [2.05, 4.69) is 9.97 Å². The number of hydrogen-bond donors (Lipinski definition) is 0. The van der Waals surface area contributed by atoms with Crippen LogP contribution in [0.1, 0.15) is 18.1 Å². The van der Waals surface area contributed by atoms with Crippen LogP contribution in [0.3, 0.4) is 0 Å². The summed E-state index contributed by atoms with van der Waals surface area (Å²) in [5.41, 5.74) is 1.76. The molecule has 2 rings (SSSR count). The summed E-state index contributed by atoms with van der Waals surface area (Å²) in [6, 6.07) is 3.73. The molecule has 2 aromatic rings. The molecule has 0 N–H and O–H groups in total.